The van der Waals surface area contributed by atoms with Crippen molar-refractivity contribution in [2.24, 2.45) is 5.92 Å². The highest BCUT2D eigenvalue weighted by Gasteiger charge is 2.25. The van der Waals surface area contributed by atoms with Gasteiger partial charge in [0.15, 0.2) is 0 Å². The number of carboxylic acid groups (broad SMARTS) is 1. The number of piperidine rings is 1. The maximum atomic E-state index is 12.3. The molecule has 0 atom stereocenters. The molecule has 6 heteroatoms. The van der Waals surface area contributed by atoms with Gasteiger partial charge in [-0.2, -0.15) is 0 Å². The number of likely N-dealkylation sites (tertiary alicyclic amines) is 1. The number of aliphatic carboxylic acids is 1. The Bertz CT molecular complexity index is 524. The molecule has 0 aromatic heterocycles. The number of halogens is 1. The van der Waals surface area contributed by atoms with Crippen molar-refractivity contribution in [2.75, 3.05) is 13.1 Å². The van der Waals surface area contributed by atoms with E-state index in [1.165, 1.54) is 6.07 Å². The topological polar surface area (TPSA) is 77.8 Å². The number of phenols is 1. The molecule has 1 aromatic rings. The summed E-state index contributed by atoms with van der Waals surface area (Å²) in [5, 5.41) is 18.4. The fraction of sp³-hybridized carbons (Fsp3) is 0.429. The van der Waals surface area contributed by atoms with E-state index >= 15 is 0 Å². The average Bonchev–Trinajstić information content (AvgIpc) is 2.41. The average molecular weight is 389 g/mol. The summed E-state index contributed by atoms with van der Waals surface area (Å²) in [5.41, 5.74) is 0.472. The first kappa shape index (κ1) is 15.1. The summed E-state index contributed by atoms with van der Waals surface area (Å²) in [6, 6.07) is 4.89. The second-order valence-corrected chi connectivity index (χ2v) is 6.16. The molecular weight excluding hydrogens is 373 g/mol. The maximum Gasteiger partial charge on any atom is 0.303 e. The van der Waals surface area contributed by atoms with Crippen molar-refractivity contribution in [3.05, 3.63) is 27.3 Å². The van der Waals surface area contributed by atoms with Gasteiger partial charge in [0, 0.05) is 25.1 Å². The van der Waals surface area contributed by atoms with Crippen LogP contribution in [0.3, 0.4) is 0 Å². The van der Waals surface area contributed by atoms with Crippen LogP contribution in [0.2, 0.25) is 0 Å². The van der Waals surface area contributed by atoms with E-state index in [0.29, 0.717) is 35.1 Å². The molecule has 2 rings (SSSR count). The van der Waals surface area contributed by atoms with Crippen LogP contribution in [-0.2, 0) is 4.79 Å². The van der Waals surface area contributed by atoms with Crippen LogP contribution >= 0.6 is 22.6 Å². The molecule has 1 amide bonds. The van der Waals surface area contributed by atoms with E-state index in [0.717, 1.165) is 0 Å². The first-order valence-corrected chi connectivity index (χ1v) is 7.55. The zero-order valence-corrected chi connectivity index (χ0v) is 13.0. The molecule has 0 radical (unpaired) electrons. The summed E-state index contributed by atoms with van der Waals surface area (Å²) in [5.74, 6) is -0.623. The predicted octanol–water partition coefficient (Wildman–Crippen LogP) is 2.32. The van der Waals surface area contributed by atoms with Gasteiger partial charge in [-0.1, -0.05) is 0 Å². The van der Waals surface area contributed by atoms with Gasteiger partial charge in [0.1, 0.15) is 5.75 Å². The Balaban J connectivity index is 1.97. The van der Waals surface area contributed by atoms with Crippen molar-refractivity contribution < 1.29 is 19.8 Å². The molecular formula is C14H16INO4. The third-order valence-corrected chi connectivity index (χ3v) is 4.47. The number of carbonyl (C=O) groups excluding carboxylic acids is 1. The lowest BCUT2D eigenvalue weighted by molar-refractivity contribution is -0.138. The Labute approximate surface area is 130 Å². The number of aromatic hydroxyl groups is 1. The molecule has 0 spiro atoms. The number of nitrogens with zero attached hydrogens (tertiary/aromatic N) is 1. The number of benzene rings is 1. The molecule has 0 aliphatic carbocycles. The SMILES string of the molecule is O=C(O)CC1CCN(C(=O)c2ccc(I)c(O)c2)CC1. The highest BCUT2D eigenvalue weighted by atomic mass is 127. The van der Waals surface area contributed by atoms with Gasteiger partial charge in [0.2, 0.25) is 0 Å². The summed E-state index contributed by atoms with van der Waals surface area (Å²) < 4.78 is 0.708. The monoisotopic (exact) mass is 389 g/mol. The Morgan fingerprint density at radius 1 is 1.30 bits per heavy atom. The van der Waals surface area contributed by atoms with Crippen LogP contribution in [-0.4, -0.2) is 40.1 Å². The van der Waals surface area contributed by atoms with Crippen molar-refractivity contribution in [1.29, 1.82) is 0 Å². The second kappa shape index (κ2) is 6.43. The van der Waals surface area contributed by atoms with E-state index < -0.39 is 5.97 Å². The zero-order chi connectivity index (χ0) is 14.7. The Hall–Kier alpha value is -1.31. The van der Waals surface area contributed by atoms with Crippen LogP contribution in [0.5, 0.6) is 5.75 Å². The van der Waals surface area contributed by atoms with Crippen molar-refractivity contribution in [2.45, 2.75) is 19.3 Å². The molecule has 0 bridgehead atoms. The summed E-state index contributed by atoms with van der Waals surface area (Å²) >= 11 is 2.00. The minimum atomic E-state index is -0.780. The van der Waals surface area contributed by atoms with Crippen LogP contribution in [0.15, 0.2) is 18.2 Å². The largest absolute Gasteiger partial charge is 0.507 e. The van der Waals surface area contributed by atoms with Gasteiger partial charge < -0.3 is 15.1 Å². The molecule has 108 valence electrons. The van der Waals surface area contributed by atoms with Gasteiger partial charge >= 0.3 is 5.97 Å². The number of rotatable bonds is 3. The molecule has 0 unspecified atom stereocenters. The van der Waals surface area contributed by atoms with Crippen LogP contribution in [0.4, 0.5) is 0 Å². The third-order valence-electron chi connectivity index (χ3n) is 3.56. The molecule has 1 aliphatic rings. The summed E-state index contributed by atoms with van der Waals surface area (Å²) in [7, 11) is 0. The fourth-order valence-corrected chi connectivity index (χ4v) is 2.75. The van der Waals surface area contributed by atoms with Crippen molar-refractivity contribution in [3.63, 3.8) is 0 Å². The number of carbonyl (C=O) groups is 2. The van der Waals surface area contributed by atoms with E-state index in [1.807, 2.05) is 22.6 Å². The quantitative estimate of drug-likeness (QED) is 0.778. The van der Waals surface area contributed by atoms with Crippen LogP contribution in [0.1, 0.15) is 29.6 Å². The number of hydrogen-bond acceptors (Lipinski definition) is 3. The minimum Gasteiger partial charge on any atom is -0.507 e. The van der Waals surface area contributed by atoms with Crippen molar-refractivity contribution in [3.8, 4) is 5.75 Å². The first-order chi connectivity index (χ1) is 9.47. The maximum absolute atomic E-state index is 12.3. The van der Waals surface area contributed by atoms with Gasteiger partial charge in [0.05, 0.1) is 3.57 Å². The Kier molecular flexibility index (Phi) is 4.85. The molecule has 1 fully saturated rings. The number of hydrogen-bond donors (Lipinski definition) is 2. The lowest BCUT2D eigenvalue weighted by Gasteiger charge is -2.31. The van der Waals surface area contributed by atoms with Gasteiger partial charge in [-0.05, 0) is 59.5 Å². The van der Waals surface area contributed by atoms with E-state index in [4.69, 9.17) is 5.11 Å². The second-order valence-electron chi connectivity index (χ2n) is 5.00. The molecule has 0 saturated carbocycles. The normalized spacial score (nSPS) is 16.1. The molecule has 1 saturated heterocycles. The summed E-state index contributed by atoms with van der Waals surface area (Å²) in [6.07, 6.45) is 1.61. The summed E-state index contributed by atoms with van der Waals surface area (Å²) in [4.78, 5) is 24.7. The molecule has 1 aliphatic heterocycles. The van der Waals surface area contributed by atoms with Gasteiger partial charge in [-0.3, -0.25) is 9.59 Å². The fourth-order valence-electron chi connectivity index (χ4n) is 2.42. The Morgan fingerprint density at radius 2 is 1.95 bits per heavy atom. The van der Waals surface area contributed by atoms with Gasteiger partial charge in [-0.25, -0.2) is 0 Å². The zero-order valence-electron chi connectivity index (χ0n) is 10.9. The first-order valence-electron chi connectivity index (χ1n) is 6.47. The van der Waals surface area contributed by atoms with E-state index in [9.17, 15) is 14.7 Å². The number of amides is 1. The van der Waals surface area contributed by atoms with Gasteiger partial charge in [-0.15, -0.1) is 0 Å². The number of phenolic OH excluding ortho intramolecular Hbond substituents is 1. The van der Waals surface area contributed by atoms with Crippen LogP contribution in [0.25, 0.3) is 0 Å². The van der Waals surface area contributed by atoms with E-state index in [-0.39, 0.29) is 24.0 Å². The summed E-state index contributed by atoms with van der Waals surface area (Å²) in [6.45, 7) is 1.15. The standard InChI is InChI=1S/C14H16INO4/c15-11-2-1-10(8-12(11)17)14(20)16-5-3-9(4-6-16)7-13(18)19/h1-2,8-9,17H,3-7H2,(H,18,19). The van der Waals surface area contributed by atoms with Crippen LogP contribution in [0, 0.1) is 9.49 Å². The lowest BCUT2D eigenvalue weighted by atomic mass is 9.93. The number of carboxylic acids is 1. The molecule has 1 heterocycles. The molecule has 20 heavy (non-hydrogen) atoms. The van der Waals surface area contributed by atoms with Crippen LogP contribution < -0.4 is 0 Å². The van der Waals surface area contributed by atoms with Gasteiger partial charge in [0.25, 0.3) is 5.91 Å². The van der Waals surface area contributed by atoms with E-state index in [1.54, 1.807) is 17.0 Å². The smallest absolute Gasteiger partial charge is 0.303 e. The minimum absolute atomic E-state index is 0.106. The van der Waals surface area contributed by atoms with E-state index in [2.05, 4.69) is 0 Å². The molecule has 1 aromatic carbocycles. The predicted molar refractivity (Wildman–Crippen MR) is 81.7 cm³/mol. The third kappa shape index (κ3) is 3.62. The van der Waals surface area contributed by atoms with Crippen molar-refractivity contribution in [1.82, 2.24) is 4.90 Å². The van der Waals surface area contributed by atoms with Crippen molar-refractivity contribution >= 4 is 34.5 Å². The molecule has 5 nitrogen and oxygen atoms in total. The highest BCUT2D eigenvalue weighted by Crippen LogP contribution is 2.24. The Morgan fingerprint density at radius 3 is 2.50 bits per heavy atom. The lowest BCUT2D eigenvalue weighted by Crippen LogP contribution is -2.38. The molecule has 2 N–H and O–H groups in total. The highest BCUT2D eigenvalue weighted by molar-refractivity contribution is 14.1.